The molecule has 0 heterocycles. The second-order valence-electron chi connectivity index (χ2n) is 2.44. The van der Waals surface area contributed by atoms with E-state index < -0.39 is 0 Å². The lowest BCUT2D eigenvalue weighted by molar-refractivity contribution is 0.915. The van der Waals surface area contributed by atoms with Gasteiger partial charge in [-0.3, -0.25) is 0 Å². The van der Waals surface area contributed by atoms with Crippen molar-refractivity contribution in [1.29, 1.82) is 0 Å². The fourth-order valence-electron chi connectivity index (χ4n) is 0.794. The molecule has 0 aliphatic rings. The zero-order valence-electron chi connectivity index (χ0n) is 6.98. The summed E-state index contributed by atoms with van der Waals surface area (Å²) in [5, 5.41) is 0. The van der Waals surface area contributed by atoms with Gasteiger partial charge in [-0.2, -0.15) is 0 Å². The van der Waals surface area contributed by atoms with E-state index >= 15 is 0 Å². The minimum absolute atomic E-state index is 1.09. The van der Waals surface area contributed by atoms with Crippen molar-refractivity contribution in [2.75, 3.05) is 0 Å². The van der Waals surface area contributed by atoms with E-state index in [-0.39, 0.29) is 0 Å². The van der Waals surface area contributed by atoms with E-state index in [4.69, 9.17) is 0 Å². The van der Waals surface area contributed by atoms with Gasteiger partial charge in [0.2, 0.25) is 0 Å². The molecule has 0 atom stereocenters. The Labute approximate surface area is 64.0 Å². The topological polar surface area (TPSA) is 0 Å². The van der Waals surface area contributed by atoms with Crippen molar-refractivity contribution in [2.24, 2.45) is 0 Å². The summed E-state index contributed by atoms with van der Waals surface area (Å²) in [6.45, 7) is 11.8. The molecule has 0 saturated heterocycles. The third kappa shape index (κ3) is 3.29. The van der Waals surface area contributed by atoms with Gasteiger partial charge in [0.1, 0.15) is 0 Å². The average Bonchev–Trinajstić information content (AvgIpc) is 1.89. The Morgan fingerprint density at radius 1 is 1.50 bits per heavy atom. The highest BCUT2D eigenvalue weighted by atomic mass is 14.0. The molecule has 0 aliphatic carbocycles. The first-order valence-electron chi connectivity index (χ1n) is 3.69. The van der Waals surface area contributed by atoms with Gasteiger partial charge in [-0.15, -0.1) is 0 Å². The molecule has 0 aromatic heterocycles. The highest BCUT2D eigenvalue weighted by molar-refractivity contribution is 5.28. The predicted molar refractivity (Wildman–Crippen MR) is 48.0 cm³/mol. The van der Waals surface area contributed by atoms with Gasteiger partial charge in [-0.05, 0) is 18.9 Å². The number of hydrogen-bond donors (Lipinski definition) is 0. The third-order valence-electron chi connectivity index (χ3n) is 1.48. The van der Waals surface area contributed by atoms with Crippen LogP contribution in [0.3, 0.4) is 0 Å². The number of hydrogen-bond acceptors (Lipinski definition) is 0. The van der Waals surface area contributed by atoms with Gasteiger partial charge in [0.05, 0.1) is 0 Å². The molecule has 0 radical (unpaired) electrons. The van der Waals surface area contributed by atoms with Crippen LogP contribution in [0.25, 0.3) is 0 Å². The molecule has 0 N–H and O–H groups in total. The van der Waals surface area contributed by atoms with Gasteiger partial charge in [-0.1, -0.05) is 44.2 Å². The largest absolute Gasteiger partial charge is 0.0991 e. The molecule has 0 fully saturated rings. The normalized spacial score (nSPS) is 11.2. The van der Waals surface area contributed by atoms with Crippen molar-refractivity contribution in [2.45, 2.75) is 26.7 Å². The van der Waals surface area contributed by atoms with Crippen LogP contribution in [0.4, 0.5) is 0 Å². The van der Waals surface area contributed by atoms with Crippen LogP contribution in [0.5, 0.6) is 0 Å². The molecule has 0 rings (SSSR count). The monoisotopic (exact) mass is 136 g/mol. The van der Waals surface area contributed by atoms with Crippen LogP contribution in [0.1, 0.15) is 26.7 Å². The first-order valence-corrected chi connectivity index (χ1v) is 3.69. The summed E-state index contributed by atoms with van der Waals surface area (Å²) in [5.74, 6) is 0. The highest BCUT2D eigenvalue weighted by Crippen LogP contribution is 2.12. The van der Waals surface area contributed by atoms with Crippen molar-refractivity contribution in [3.63, 3.8) is 0 Å². The molecule has 0 aromatic rings. The summed E-state index contributed by atoms with van der Waals surface area (Å²) < 4.78 is 0. The van der Waals surface area contributed by atoms with Crippen LogP contribution < -0.4 is 0 Å². The van der Waals surface area contributed by atoms with Crippen molar-refractivity contribution >= 4 is 0 Å². The quantitative estimate of drug-likeness (QED) is 0.519. The van der Waals surface area contributed by atoms with Crippen LogP contribution in [0.2, 0.25) is 0 Å². The second-order valence-corrected chi connectivity index (χ2v) is 2.44. The van der Waals surface area contributed by atoms with Gasteiger partial charge in [-0.25, -0.2) is 0 Å². The van der Waals surface area contributed by atoms with E-state index in [9.17, 15) is 0 Å². The standard InChI is InChI=1S/C10H16/c1-5-7-9(3)10(4)8-6-2/h5,7H,1,4,6,8H2,2-3H3/b9-7-. The minimum atomic E-state index is 1.09. The number of rotatable bonds is 4. The first-order chi connectivity index (χ1) is 4.72. The van der Waals surface area contributed by atoms with Gasteiger partial charge >= 0.3 is 0 Å². The maximum absolute atomic E-state index is 3.95. The summed E-state index contributed by atoms with van der Waals surface area (Å²) >= 11 is 0. The van der Waals surface area contributed by atoms with Crippen molar-refractivity contribution in [3.05, 3.63) is 36.5 Å². The minimum Gasteiger partial charge on any atom is -0.0991 e. The zero-order valence-corrected chi connectivity index (χ0v) is 6.98. The van der Waals surface area contributed by atoms with Gasteiger partial charge < -0.3 is 0 Å². The smallest absolute Gasteiger partial charge is 0.0285 e. The van der Waals surface area contributed by atoms with Gasteiger partial charge in [0.25, 0.3) is 0 Å². The lowest BCUT2D eigenvalue weighted by Gasteiger charge is -2.01. The van der Waals surface area contributed by atoms with Crippen molar-refractivity contribution in [1.82, 2.24) is 0 Å². The second kappa shape index (κ2) is 5.04. The van der Waals surface area contributed by atoms with Crippen molar-refractivity contribution in [3.8, 4) is 0 Å². The molecule has 56 valence electrons. The molecular weight excluding hydrogens is 120 g/mol. The average molecular weight is 136 g/mol. The van der Waals surface area contributed by atoms with E-state index in [1.807, 2.05) is 6.08 Å². The predicted octanol–water partition coefficient (Wildman–Crippen LogP) is 3.48. The zero-order chi connectivity index (χ0) is 7.98. The molecule has 10 heavy (non-hydrogen) atoms. The summed E-state index contributed by atoms with van der Waals surface area (Å²) in [5.41, 5.74) is 2.47. The Morgan fingerprint density at radius 3 is 2.50 bits per heavy atom. The summed E-state index contributed by atoms with van der Waals surface area (Å²) in [4.78, 5) is 0. The molecule has 0 amide bonds. The highest BCUT2D eigenvalue weighted by Gasteiger charge is 1.92. The molecule has 0 nitrogen and oxygen atoms in total. The Kier molecular flexibility index (Phi) is 4.65. The van der Waals surface area contributed by atoms with E-state index in [0.29, 0.717) is 0 Å². The van der Waals surface area contributed by atoms with E-state index in [0.717, 1.165) is 6.42 Å². The summed E-state index contributed by atoms with van der Waals surface area (Å²) in [7, 11) is 0. The Morgan fingerprint density at radius 2 is 2.10 bits per heavy atom. The van der Waals surface area contributed by atoms with Gasteiger partial charge in [0, 0.05) is 0 Å². The SMILES string of the molecule is C=C/C=C(/C)C(=C)CCC. The van der Waals surface area contributed by atoms with Crippen molar-refractivity contribution < 1.29 is 0 Å². The molecule has 0 heteroatoms. The first kappa shape index (κ1) is 9.22. The van der Waals surface area contributed by atoms with E-state index in [1.54, 1.807) is 6.08 Å². The molecule has 0 bridgehead atoms. The van der Waals surface area contributed by atoms with Crippen LogP contribution in [-0.4, -0.2) is 0 Å². The molecule has 0 aromatic carbocycles. The lowest BCUT2D eigenvalue weighted by Crippen LogP contribution is -1.81. The molecular formula is C10H16. The molecule has 0 saturated carbocycles. The molecule has 0 aliphatic heterocycles. The van der Waals surface area contributed by atoms with Crippen LogP contribution in [0.15, 0.2) is 36.5 Å². The van der Waals surface area contributed by atoms with Gasteiger partial charge in [0.15, 0.2) is 0 Å². The van der Waals surface area contributed by atoms with Crippen LogP contribution >= 0.6 is 0 Å². The Hall–Kier alpha value is -0.780. The Balaban J connectivity index is 3.93. The fourth-order valence-corrected chi connectivity index (χ4v) is 0.794. The molecule has 0 spiro atoms. The summed E-state index contributed by atoms with van der Waals surface area (Å²) in [6.07, 6.45) is 6.06. The summed E-state index contributed by atoms with van der Waals surface area (Å²) in [6, 6.07) is 0. The van der Waals surface area contributed by atoms with Crippen LogP contribution in [-0.2, 0) is 0 Å². The lowest BCUT2D eigenvalue weighted by atomic mass is 10.1. The fraction of sp³-hybridized carbons (Fsp3) is 0.400. The Bertz CT molecular complexity index is 149. The maximum Gasteiger partial charge on any atom is -0.0285 e. The third-order valence-corrected chi connectivity index (χ3v) is 1.48. The maximum atomic E-state index is 3.95. The van der Waals surface area contributed by atoms with Crippen LogP contribution in [0, 0.1) is 0 Å². The number of allylic oxidation sites excluding steroid dienone is 4. The van der Waals surface area contributed by atoms with E-state index in [1.165, 1.54) is 17.6 Å². The molecule has 0 unspecified atom stereocenters. The van der Waals surface area contributed by atoms with E-state index in [2.05, 4.69) is 27.0 Å².